The summed E-state index contributed by atoms with van der Waals surface area (Å²) < 4.78 is 31.3. The molecule has 0 aliphatic carbocycles. The van der Waals surface area contributed by atoms with Gasteiger partial charge in [0.2, 0.25) is 0 Å². The van der Waals surface area contributed by atoms with Gasteiger partial charge in [-0.3, -0.25) is 0 Å². The number of aromatic hydroxyl groups is 1. The van der Waals surface area contributed by atoms with E-state index in [4.69, 9.17) is 13.8 Å². The first kappa shape index (κ1) is 21.8. The SMILES string of the molecule is CC1(C)OCCn2c1nc(C(=O)NCc1ccc(F)cc1[PH]1(O)OCCO1)c(O)c2=O. The van der Waals surface area contributed by atoms with Crippen molar-refractivity contribution in [3.8, 4) is 5.75 Å². The van der Waals surface area contributed by atoms with Crippen LogP contribution in [0.3, 0.4) is 0 Å². The molecule has 0 radical (unpaired) electrons. The van der Waals surface area contributed by atoms with E-state index in [1.165, 1.54) is 16.7 Å². The molecule has 4 rings (SSSR count). The molecule has 1 aromatic carbocycles. The van der Waals surface area contributed by atoms with E-state index in [0.29, 0.717) is 5.56 Å². The van der Waals surface area contributed by atoms with Gasteiger partial charge in [-0.25, -0.2) is 0 Å². The Balaban J connectivity index is 1.62. The van der Waals surface area contributed by atoms with Crippen molar-refractivity contribution >= 4 is 19.2 Å². The van der Waals surface area contributed by atoms with Gasteiger partial charge in [0.25, 0.3) is 0 Å². The molecule has 3 heterocycles. The minimum atomic E-state index is -3.77. The molecule has 1 amide bonds. The van der Waals surface area contributed by atoms with Gasteiger partial charge in [0.1, 0.15) is 0 Å². The molecule has 1 fully saturated rings. The number of nitrogens with zero attached hydrogens (tertiary/aromatic N) is 2. The summed E-state index contributed by atoms with van der Waals surface area (Å²) in [4.78, 5) is 40.1. The molecule has 168 valence electrons. The number of aromatic nitrogens is 2. The molecule has 0 atom stereocenters. The predicted octanol–water partition coefficient (Wildman–Crippen LogP) is 0.443. The van der Waals surface area contributed by atoms with Crippen molar-refractivity contribution in [3.63, 3.8) is 0 Å². The van der Waals surface area contributed by atoms with Crippen LogP contribution in [-0.2, 0) is 32.5 Å². The molecule has 0 unspecified atom stereocenters. The molecule has 1 aromatic heterocycles. The summed E-state index contributed by atoms with van der Waals surface area (Å²) in [5.74, 6) is -1.94. The maximum absolute atomic E-state index is 13.8. The van der Waals surface area contributed by atoms with E-state index < -0.39 is 42.3 Å². The summed E-state index contributed by atoms with van der Waals surface area (Å²) in [6, 6.07) is 3.69. The summed E-state index contributed by atoms with van der Waals surface area (Å²) in [5.41, 5.74) is -1.72. The average Bonchev–Trinajstić information content (AvgIpc) is 3.17. The predicted molar refractivity (Wildman–Crippen MR) is 109 cm³/mol. The molecule has 2 aliphatic heterocycles. The zero-order valence-corrected chi connectivity index (χ0v) is 18.0. The van der Waals surface area contributed by atoms with Crippen LogP contribution < -0.4 is 16.2 Å². The number of halogens is 1. The number of ether oxygens (including phenoxy) is 1. The van der Waals surface area contributed by atoms with Crippen LogP contribution in [0.5, 0.6) is 5.75 Å². The van der Waals surface area contributed by atoms with Crippen LogP contribution in [0.1, 0.15) is 35.7 Å². The van der Waals surface area contributed by atoms with Crippen molar-refractivity contribution in [3.05, 3.63) is 51.5 Å². The summed E-state index contributed by atoms with van der Waals surface area (Å²) in [7, 11) is -3.77. The second-order valence-corrected chi connectivity index (χ2v) is 9.99. The third-order valence-electron chi connectivity index (χ3n) is 5.21. The van der Waals surface area contributed by atoms with E-state index in [1.54, 1.807) is 13.8 Å². The second kappa shape index (κ2) is 7.92. The van der Waals surface area contributed by atoms with Crippen molar-refractivity contribution < 1.29 is 33.0 Å². The van der Waals surface area contributed by atoms with E-state index in [-0.39, 0.29) is 44.0 Å². The van der Waals surface area contributed by atoms with Gasteiger partial charge < -0.3 is 0 Å². The molecule has 31 heavy (non-hydrogen) atoms. The molecule has 0 bridgehead atoms. The third kappa shape index (κ3) is 3.95. The number of benzene rings is 1. The van der Waals surface area contributed by atoms with Crippen LogP contribution in [0.4, 0.5) is 4.39 Å². The van der Waals surface area contributed by atoms with Crippen LogP contribution >= 0.6 is 7.94 Å². The molecule has 10 nitrogen and oxygen atoms in total. The Kier molecular flexibility index (Phi) is 5.57. The molecule has 3 N–H and O–H groups in total. The van der Waals surface area contributed by atoms with Gasteiger partial charge in [-0.15, -0.1) is 0 Å². The zero-order valence-electron chi connectivity index (χ0n) is 17.0. The number of hydrogen-bond acceptors (Lipinski definition) is 8. The first-order valence-corrected chi connectivity index (χ1v) is 11.4. The molecule has 2 aliphatic rings. The Morgan fingerprint density at radius 1 is 1.32 bits per heavy atom. The number of nitrogens with one attached hydrogen (secondary N) is 1. The van der Waals surface area contributed by atoms with Crippen LogP contribution in [0.15, 0.2) is 23.0 Å². The Bertz CT molecular complexity index is 1100. The fraction of sp³-hybridized carbons (Fsp3) is 0.421. The van der Waals surface area contributed by atoms with E-state index in [2.05, 4.69) is 10.3 Å². The number of hydrogen-bond donors (Lipinski definition) is 3. The fourth-order valence-corrected chi connectivity index (χ4v) is 5.65. The van der Waals surface area contributed by atoms with Gasteiger partial charge in [-0.1, -0.05) is 0 Å². The Hall–Kier alpha value is -2.43. The number of rotatable bonds is 4. The van der Waals surface area contributed by atoms with Crippen molar-refractivity contribution in [2.24, 2.45) is 0 Å². The van der Waals surface area contributed by atoms with E-state index >= 15 is 0 Å². The maximum atomic E-state index is 13.8. The number of amides is 1. The fourth-order valence-electron chi connectivity index (χ4n) is 3.64. The normalized spacial score (nSPS) is 20.1. The summed E-state index contributed by atoms with van der Waals surface area (Å²) in [6.45, 7) is 4.12. The molecule has 0 spiro atoms. The number of carbonyl (C=O) groups is 1. The van der Waals surface area contributed by atoms with Crippen LogP contribution in [0.25, 0.3) is 0 Å². The molecule has 1 saturated heterocycles. The molecule has 0 saturated carbocycles. The van der Waals surface area contributed by atoms with Gasteiger partial charge in [-0.2, -0.15) is 0 Å². The monoisotopic (exact) mass is 455 g/mol. The summed E-state index contributed by atoms with van der Waals surface area (Å²) >= 11 is 0. The van der Waals surface area contributed by atoms with Gasteiger partial charge in [0, 0.05) is 0 Å². The Morgan fingerprint density at radius 3 is 2.74 bits per heavy atom. The summed E-state index contributed by atoms with van der Waals surface area (Å²) in [6.07, 6.45) is 0. The quantitative estimate of drug-likeness (QED) is 0.566. The zero-order chi connectivity index (χ0) is 22.4. The van der Waals surface area contributed by atoms with Gasteiger partial charge >= 0.3 is 177 Å². The molecular weight excluding hydrogens is 432 g/mol. The Labute approximate surface area is 177 Å². The van der Waals surface area contributed by atoms with Crippen LogP contribution in [0, 0.1) is 5.82 Å². The van der Waals surface area contributed by atoms with E-state index in [1.807, 2.05) is 0 Å². The topological polar surface area (TPSA) is 132 Å². The van der Waals surface area contributed by atoms with Gasteiger partial charge in [0.15, 0.2) is 0 Å². The first-order chi connectivity index (χ1) is 14.6. The molecule has 12 heteroatoms. The Morgan fingerprint density at radius 2 is 2.03 bits per heavy atom. The standard InChI is InChI=1S/C19H23FN3O7P/c1-19(2)18-22-14(15(24)17(26)23(18)5-6-28-19)16(25)21-10-11-3-4-12(20)9-13(11)31(27)29-7-8-30-31/h3-4,9,24,27,31H,5-8,10H2,1-2H3,(H,21,25). The van der Waals surface area contributed by atoms with Crippen molar-refractivity contribution in [2.75, 3.05) is 19.8 Å². The van der Waals surface area contributed by atoms with Crippen LogP contribution in [-0.4, -0.2) is 45.3 Å². The minimum absolute atomic E-state index is 0.141. The van der Waals surface area contributed by atoms with Crippen molar-refractivity contribution in [2.45, 2.75) is 32.5 Å². The first-order valence-electron chi connectivity index (χ1n) is 9.68. The molecular formula is C19H23FN3O7P. The van der Waals surface area contributed by atoms with Gasteiger partial charge in [-0.05, 0) is 0 Å². The van der Waals surface area contributed by atoms with Crippen LogP contribution in [0.2, 0.25) is 0 Å². The van der Waals surface area contributed by atoms with E-state index in [0.717, 1.165) is 6.07 Å². The van der Waals surface area contributed by atoms with Crippen molar-refractivity contribution in [1.29, 1.82) is 0 Å². The van der Waals surface area contributed by atoms with Gasteiger partial charge in [0.05, 0.1) is 0 Å². The van der Waals surface area contributed by atoms with Crippen molar-refractivity contribution in [1.82, 2.24) is 14.9 Å². The molecule has 2 aromatic rings. The average molecular weight is 455 g/mol. The second-order valence-electron chi connectivity index (χ2n) is 7.71. The third-order valence-corrected chi connectivity index (χ3v) is 7.54. The summed E-state index contributed by atoms with van der Waals surface area (Å²) in [5, 5.41) is 13.0. The number of fused-ring (bicyclic) bond motifs is 1. The van der Waals surface area contributed by atoms with E-state index in [9.17, 15) is 24.0 Å². The number of carbonyl (C=O) groups excluding carboxylic acids is 1.